The predicted molar refractivity (Wildman–Crippen MR) is 103 cm³/mol. The van der Waals surface area contributed by atoms with E-state index < -0.39 is 0 Å². The average molecular weight is 366 g/mol. The number of hydrogen-bond acceptors (Lipinski definition) is 6. The van der Waals surface area contributed by atoms with E-state index in [4.69, 9.17) is 0 Å². The van der Waals surface area contributed by atoms with Crippen LogP contribution in [0.1, 0.15) is 30.2 Å². The Hall–Kier alpha value is -2.15. The number of benzene rings is 1. The first-order chi connectivity index (χ1) is 12.8. The first-order valence-electron chi connectivity index (χ1n) is 8.97. The van der Waals surface area contributed by atoms with Gasteiger partial charge in [-0.15, -0.1) is 11.3 Å². The summed E-state index contributed by atoms with van der Waals surface area (Å²) in [4.78, 5) is 15.6. The van der Waals surface area contributed by atoms with E-state index in [0.29, 0.717) is 11.7 Å². The summed E-state index contributed by atoms with van der Waals surface area (Å²) >= 11 is 1.59. The van der Waals surface area contributed by atoms with Crippen LogP contribution in [0.15, 0.2) is 54.2 Å². The number of aromatic nitrogens is 3. The first-order valence-corrected chi connectivity index (χ1v) is 9.85. The average Bonchev–Trinajstić information content (AvgIpc) is 3.18. The van der Waals surface area contributed by atoms with Crippen LogP contribution < -0.4 is 0 Å². The number of thiazole rings is 1. The fourth-order valence-corrected chi connectivity index (χ4v) is 4.23. The molecule has 6 heteroatoms. The molecular weight excluding hydrogens is 344 g/mol. The van der Waals surface area contributed by atoms with Crippen LogP contribution in [0.5, 0.6) is 0 Å². The van der Waals surface area contributed by atoms with Gasteiger partial charge in [0.05, 0.1) is 11.8 Å². The van der Waals surface area contributed by atoms with Crippen molar-refractivity contribution in [1.29, 1.82) is 0 Å². The minimum Gasteiger partial charge on any atom is -0.388 e. The van der Waals surface area contributed by atoms with Gasteiger partial charge < -0.3 is 5.11 Å². The van der Waals surface area contributed by atoms with Gasteiger partial charge in [0.25, 0.3) is 0 Å². The molecule has 1 aliphatic heterocycles. The lowest BCUT2D eigenvalue weighted by atomic mass is 9.87. The van der Waals surface area contributed by atoms with E-state index in [0.717, 1.165) is 48.7 Å². The molecule has 5 nitrogen and oxygen atoms in total. The van der Waals surface area contributed by atoms with Gasteiger partial charge in [-0.05, 0) is 43.5 Å². The second-order valence-corrected chi connectivity index (χ2v) is 7.54. The summed E-state index contributed by atoms with van der Waals surface area (Å²) in [5.74, 6) is 1.02. The van der Waals surface area contributed by atoms with E-state index in [1.807, 2.05) is 36.4 Å². The number of aliphatic hydroxyl groups is 1. The van der Waals surface area contributed by atoms with Gasteiger partial charge >= 0.3 is 0 Å². The maximum absolute atomic E-state index is 10.6. The van der Waals surface area contributed by atoms with Gasteiger partial charge in [0.2, 0.25) is 0 Å². The van der Waals surface area contributed by atoms with E-state index in [1.54, 1.807) is 23.7 Å². The van der Waals surface area contributed by atoms with E-state index in [-0.39, 0.29) is 6.10 Å². The maximum Gasteiger partial charge on any atom is 0.188 e. The highest BCUT2D eigenvalue weighted by Gasteiger charge is 2.26. The molecule has 3 heterocycles. The number of nitrogens with zero attached hydrogens (tertiary/aromatic N) is 4. The highest BCUT2D eigenvalue weighted by atomic mass is 32.1. The smallest absolute Gasteiger partial charge is 0.188 e. The van der Waals surface area contributed by atoms with E-state index in [2.05, 4.69) is 25.2 Å². The van der Waals surface area contributed by atoms with Crippen LogP contribution in [0, 0.1) is 5.92 Å². The molecule has 0 saturated carbocycles. The summed E-state index contributed by atoms with van der Waals surface area (Å²) < 4.78 is 0. The third kappa shape index (κ3) is 3.98. The largest absolute Gasteiger partial charge is 0.388 e. The molecule has 1 fully saturated rings. The molecule has 0 bridgehead atoms. The van der Waals surface area contributed by atoms with Crippen LogP contribution in [0.2, 0.25) is 0 Å². The molecule has 1 unspecified atom stereocenters. The fourth-order valence-electron chi connectivity index (χ4n) is 3.47. The van der Waals surface area contributed by atoms with E-state index >= 15 is 0 Å². The van der Waals surface area contributed by atoms with Crippen molar-refractivity contribution in [2.24, 2.45) is 5.92 Å². The van der Waals surface area contributed by atoms with Gasteiger partial charge in [-0.25, -0.2) is 15.0 Å². The fraction of sp³-hybridized carbons (Fsp3) is 0.350. The third-order valence-corrected chi connectivity index (χ3v) is 5.80. The Bertz CT molecular complexity index is 816. The number of aliphatic hydroxyl groups excluding tert-OH is 1. The Labute approximate surface area is 157 Å². The summed E-state index contributed by atoms with van der Waals surface area (Å²) in [6.07, 6.45) is 5.14. The van der Waals surface area contributed by atoms with Crippen molar-refractivity contribution in [2.75, 3.05) is 13.1 Å². The Balaban J connectivity index is 1.32. The van der Waals surface area contributed by atoms with Crippen molar-refractivity contribution in [3.8, 4) is 10.8 Å². The van der Waals surface area contributed by atoms with Crippen molar-refractivity contribution in [2.45, 2.75) is 25.5 Å². The Morgan fingerprint density at radius 3 is 2.54 bits per heavy atom. The van der Waals surface area contributed by atoms with Crippen molar-refractivity contribution in [3.63, 3.8) is 0 Å². The van der Waals surface area contributed by atoms with Gasteiger partial charge in [-0.1, -0.05) is 30.3 Å². The molecule has 1 saturated heterocycles. The maximum atomic E-state index is 10.6. The van der Waals surface area contributed by atoms with Crippen LogP contribution in [-0.2, 0) is 6.54 Å². The predicted octanol–water partition coefficient (Wildman–Crippen LogP) is 3.55. The Morgan fingerprint density at radius 2 is 1.81 bits per heavy atom. The van der Waals surface area contributed by atoms with Crippen LogP contribution in [0.25, 0.3) is 10.8 Å². The second kappa shape index (κ2) is 8.03. The minimum absolute atomic E-state index is 0.331. The molecule has 3 aromatic rings. The molecular formula is C20H22N4OS. The SMILES string of the molecule is OC(c1ccccc1)C1CCN(Cc2csc(-c3ncccn3)n2)CC1. The lowest BCUT2D eigenvalue weighted by molar-refractivity contribution is 0.0565. The van der Waals surface area contributed by atoms with Crippen molar-refractivity contribution in [1.82, 2.24) is 19.9 Å². The summed E-state index contributed by atoms with van der Waals surface area (Å²) in [6, 6.07) is 11.8. The molecule has 26 heavy (non-hydrogen) atoms. The monoisotopic (exact) mass is 366 g/mol. The first kappa shape index (κ1) is 17.3. The molecule has 0 radical (unpaired) electrons. The summed E-state index contributed by atoms with van der Waals surface area (Å²) in [5.41, 5.74) is 2.09. The van der Waals surface area contributed by atoms with E-state index in [9.17, 15) is 5.11 Å². The Morgan fingerprint density at radius 1 is 1.08 bits per heavy atom. The molecule has 1 aliphatic rings. The standard InChI is InChI=1S/C20H22N4OS/c25-18(15-5-2-1-3-6-15)16-7-11-24(12-8-16)13-17-14-26-20(23-17)19-21-9-4-10-22-19/h1-6,9-10,14,16,18,25H,7-8,11-13H2. The lowest BCUT2D eigenvalue weighted by Gasteiger charge is -2.34. The highest BCUT2D eigenvalue weighted by molar-refractivity contribution is 7.13. The molecule has 0 amide bonds. The molecule has 4 rings (SSSR count). The van der Waals surface area contributed by atoms with Crippen molar-refractivity contribution in [3.05, 3.63) is 65.4 Å². The number of hydrogen-bond donors (Lipinski definition) is 1. The zero-order valence-corrected chi connectivity index (χ0v) is 15.3. The topological polar surface area (TPSA) is 62.1 Å². The van der Waals surface area contributed by atoms with Crippen LogP contribution in [0.4, 0.5) is 0 Å². The second-order valence-electron chi connectivity index (χ2n) is 6.69. The van der Waals surface area contributed by atoms with Gasteiger partial charge in [0.15, 0.2) is 10.8 Å². The molecule has 0 spiro atoms. The highest BCUT2D eigenvalue weighted by Crippen LogP contribution is 2.31. The molecule has 2 aromatic heterocycles. The normalized spacial score (nSPS) is 17.3. The molecule has 134 valence electrons. The van der Waals surface area contributed by atoms with Gasteiger partial charge in [-0.3, -0.25) is 4.90 Å². The summed E-state index contributed by atoms with van der Waals surface area (Å²) in [7, 11) is 0. The summed E-state index contributed by atoms with van der Waals surface area (Å²) in [5, 5.41) is 13.6. The quantitative estimate of drug-likeness (QED) is 0.748. The molecule has 1 atom stereocenters. The third-order valence-electron chi connectivity index (χ3n) is 4.91. The van der Waals surface area contributed by atoms with Gasteiger partial charge in [0, 0.05) is 24.3 Å². The molecule has 1 aromatic carbocycles. The van der Waals surface area contributed by atoms with Crippen LogP contribution >= 0.6 is 11.3 Å². The van der Waals surface area contributed by atoms with Crippen LogP contribution in [-0.4, -0.2) is 38.0 Å². The van der Waals surface area contributed by atoms with E-state index in [1.165, 1.54) is 0 Å². The number of rotatable bonds is 5. The van der Waals surface area contributed by atoms with Gasteiger partial charge in [0.1, 0.15) is 0 Å². The van der Waals surface area contributed by atoms with Crippen molar-refractivity contribution >= 4 is 11.3 Å². The Kier molecular flexibility index (Phi) is 5.34. The zero-order chi connectivity index (χ0) is 17.8. The van der Waals surface area contributed by atoms with Crippen LogP contribution in [0.3, 0.4) is 0 Å². The van der Waals surface area contributed by atoms with Gasteiger partial charge in [-0.2, -0.15) is 0 Å². The number of piperidine rings is 1. The zero-order valence-electron chi connectivity index (χ0n) is 14.5. The molecule has 0 aliphatic carbocycles. The minimum atomic E-state index is -0.362. The summed E-state index contributed by atoms with van der Waals surface area (Å²) in [6.45, 7) is 2.82. The number of likely N-dealkylation sites (tertiary alicyclic amines) is 1. The lowest BCUT2D eigenvalue weighted by Crippen LogP contribution is -2.35. The molecule has 1 N–H and O–H groups in total. The van der Waals surface area contributed by atoms with Crippen molar-refractivity contribution < 1.29 is 5.11 Å².